The maximum atomic E-state index is 6.12. The van der Waals surface area contributed by atoms with Crippen molar-refractivity contribution < 1.29 is 9.47 Å². The van der Waals surface area contributed by atoms with Crippen molar-refractivity contribution in [3.63, 3.8) is 0 Å². The van der Waals surface area contributed by atoms with Gasteiger partial charge in [0.1, 0.15) is 0 Å². The number of ether oxygens (including phenoxy) is 2. The number of anilines is 1. The lowest BCUT2D eigenvalue weighted by Crippen LogP contribution is -2.56. The van der Waals surface area contributed by atoms with Crippen LogP contribution < -0.4 is 10.2 Å². The van der Waals surface area contributed by atoms with Crippen LogP contribution in [0.15, 0.2) is 29.3 Å². The van der Waals surface area contributed by atoms with E-state index in [-0.39, 0.29) is 29.6 Å². The molecule has 0 aliphatic carbocycles. The van der Waals surface area contributed by atoms with Crippen LogP contribution in [0, 0.1) is 0 Å². The molecule has 0 spiro atoms. The number of halogens is 2. The van der Waals surface area contributed by atoms with E-state index in [9.17, 15) is 0 Å². The summed E-state index contributed by atoms with van der Waals surface area (Å²) in [5, 5.41) is 4.30. The Balaban J connectivity index is 0.00000261. The lowest BCUT2D eigenvalue weighted by Gasteiger charge is -2.40. The standard InChI is InChI=1S/C19H29ClN4O2.HI/c1-21-18(22-15-19(25-2)6-12-26-13-7-19)24-10-8-23(9-11-24)17-5-3-4-16(20)14-17;/h3-5,14H,6-13,15H2,1-2H3,(H,21,22);1H. The number of hydrogen-bond donors (Lipinski definition) is 1. The van der Waals surface area contributed by atoms with Gasteiger partial charge in [-0.15, -0.1) is 24.0 Å². The minimum absolute atomic E-state index is 0. The molecule has 1 aromatic rings. The van der Waals surface area contributed by atoms with Crippen molar-refractivity contribution in [2.24, 2.45) is 4.99 Å². The van der Waals surface area contributed by atoms with Gasteiger partial charge < -0.3 is 24.6 Å². The smallest absolute Gasteiger partial charge is 0.193 e. The van der Waals surface area contributed by atoms with Crippen LogP contribution in [0.3, 0.4) is 0 Å². The predicted octanol–water partition coefficient (Wildman–Crippen LogP) is 2.85. The average molecular weight is 509 g/mol. The van der Waals surface area contributed by atoms with Crippen LogP contribution in [0.1, 0.15) is 12.8 Å². The normalized spacial score (nSPS) is 20.2. The molecule has 1 N–H and O–H groups in total. The fourth-order valence-electron chi connectivity index (χ4n) is 3.62. The van der Waals surface area contributed by atoms with E-state index in [4.69, 9.17) is 21.1 Å². The zero-order chi connectivity index (χ0) is 18.4. The van der Waals surface area contributed by atoms with Gasteiger partial charge in [0.15, 0.2) is 5.96 Å². The SMILES string of the molecule is CN=C(NCC1(OC)CCOCC1)N1CCN(c2cccc(Cl)c2)CC1.I. The molecule has 3 rings (SSSR count). The van der Waals surface area contributed by atoms with Crippen molar-refractivity contribution in [1.82, 2.24) is 10.2 Å². The van der Waals surface area contributed by atoms with Crippen LogP contribution in [0.5, 0.6) is 0 Å². The Morgan fingerprint density at radius 3 is 2.56 bits per heavy atom. The van der Waals surface area contributed by atoms with Gasteiger partial charge in [-0.2, -0.15) is 0 Å². The van der Waals surface area contributed by atoms with Gasteiger partial charge in [-0.1, -0.05) is 17.7 Å². The third-order valence-corrected chi connectivity index (χ3v) is 5.61. The van der Waals surface area contributed by atoms with Gasteiger partial charge in [0.05, 0.1) is 5.60 Å². The largest absolute Gasteiger partial charge is 0.381 e. The topological polar surface area (TPSA) is 49.3 Å². The van der Waals surface area contributed by atoms with Crippen LogP contribution in [0.25, 0.3) is 0 Å². The van der Waals surface area contributed by atoms with Crippen LogP contribution in [-0.4, -0.2) is 76.6 Å². The third kappa shape index (κ3) is 5.85. The molecule has 0 radical (unpaired) electrons. The molecule has 8 heteroatoms. The minimum Gasteiger partial charge on any atom is -0.381 e. The van der Waals surface area contributed by atoms with E-state index in [1.807, 2.05) is 25.2 Å². The number of nitrogens with one attached hydrogen (secondary N) is 1. The first-order valence-electron chi connectivity index (χ1n) is 9.25. The molecule has 2 aliphatic heterocycles. The van der Waals surface area contributed by atoms with Gasteiger partial charge >= 0.3 is 0 Å². The summed E-state index contributed by atoms with van der Waals surface area (Å²) in [6.07, 6.45) is 1.83. The maximum Gasteiger partial charge on any atom is 0.193 e. The fourth-order valence-corrected chi connectivity index (χ4v) is 3.80. The van der Waals surface area contributed by atoms with E-state index in [1.165, 1.54) is 5.69 Å². The molecule has 152 valence electrons. The first kappa shape index (κ1) is 22.5. The lowest BCUT2D eigenvalue weighted by atomic mass is 9.94. The molecule has 2 fully saturated rings. The van der Waals surface area contributed by atoms with Gasteiger partial charge in [0, 0.05) is 83.6 Å². The highest BCUT2D eigenvalue weighted by Crippen LogP contribution is 2.24. The van der Waals surface area contributed by atoms with E-state index >= 15 is 0 Å². The Morgan fingerprint density at radius 2 is 1.96 bits per heavy atom. The summed E-state index contributed by atoms with van der Waals surface area (Å²) in [7, 11) is 3.63. The molecule has 0 unspecified atom stereocenters. The first-order valence-corrected chi connectivity index (χ1v) is 9.63. The number of benzene rings is 1. The Morgan fingerprint density at radius 1 is 1.26 bits per heavy atom. The summed E-state index contributed by atoms with van der Waals surface area (Å²) >= 11 is 6.12. The van der Waals surface area contributed by atoms with E-state index in [0.717, 1.165) is 69.8 Å². The number of nitrogens with zero attached hydrogens (tertiary/aromatic N) is 3. The first-order chi connectivity index (χ1) is 12.7. The second-order valence-corrected chi connectivity index (χ2v) is 7.29. The predicted molar refractivity (Wildman–Crippen MR) is 122 cm³/mol. The van der Waals surface area contributed by atoms with Gasteiger partial charge in [-0.3, -0.25) is 4.99 Å². The average Bonchev–Trinajstić information content (AvgIpc) is 2.70. The summed E-state index contributed by atoms with van der Waals surface area (Å²) in [6, 6.07) is 8.05. The number of aliphatic imine (C=N–C) groups is 1. The van der Waals surface area contributed by atoms with Gasteiger partial charge in [0.2, 0.25) is 0 Å². The summed E-state index contributed by atoms with van der Waals surface area (Å²) in [5.74, 6) is 0.943. The third-order valence-electron chi connectivity index (χ3n) is 5.37. The van der Waals surface area contributed by atoms with Crippen LogP contribution >= 0.6 is 35.6 Å². The molecule has 2 heterocycles. The molecule has 1 aromatic carbocycles. The molecular weight excluding hydrogens is 479 g/mol. The van der Waals surface area contributed by atoms with Crippen molar-refractivity contribution in [3.05, 3.63) is 29.3 Å². The summed E-state index contributed by atoms with van der Waals surface area (Å²) in [6.45, 7) is 6.02. The van der Waals surface area contributed by atoms with Gasteiger partial charge in [0.25, 0.3) is 0 Å². The highest BCUT2D eigenvalue weighted by Gasteiger charge is 2.33. The monoisotopic (exact) mass is 508 g/mol. The molecule has 0 bridgehead atoms. The Kier molecular flexibility index (Phi) is 8.91. The van der Waals surface area contributed by atoms with Crippen molar-refractivity contribution in [3.8, 4) is 0 Å². The van der Waals surface area contributed by atoms with E-state index in [0.29, 0.717) is 0 Å². The van der Waals surface area contributed by atoms with Crippen LogP contribution in [0.4, 0.5) is 5.69 Å². The molecule has 2 saturated heterocycles. The molecule has 0 aromatic heterocycles. The molecule has 27 heavy (non-hydrogen) atoms. The Bertz CT molecular complexity index is 617. The van der Waals surface area contributed by atoms with Crippen molar-refractivity contribution >= 4 is 47.2 Å². The van der Waals surface area contributed by atoms with Gasteiger partial charge in [-0.25, -0.2) is 0 Å². The maximum absolute atomic E-state index is 6.12. The van der Waals surface area contributed by atoms with E-state index < -0.39 is 0 Å². The number of methoxy groups -OCH3 is 1. The molecule has 0 atom stereocenters. The molecule has 2 aliphatic rings. The van der Waals surface area contributed by atoms with E-state index in [2.05, 4.69) is 26.2 Å². The highest BCUT2D eigenvalue weighted by atomic mass is 127. The lowest BCUT2D eigenvalue weighted by molar-refractivity contribution is -0.0857. The van der Waals surface area contributed by atoms with Crippen molar-refractivity contribution in [2.75, 3.05) is 65.0 Å². The van der Waals surface area contributed by atoms with Crippen molar-refractivity contribution in [2.45, 2.75) is 18.4 Å². The molecular formula is C19H30ClIN4O2. The summed E-state index contributed by atoms with van der Waals surface area (Å²) in [5.41, 5.74) is 1.03. The number of hydrogen-bond acceptors (Lipinski definition) is 4. The minimum atomic E-state index is -0.156. The second-order valence-electron chi connectivity index (χ2n) is 6.85. The molecule has 0 saturated carbocycles. The second kappa shape index (κ2) is 10.7. The highest BCUT2D eigenvalue weighted by molar-refractivity contribution is 14.0. The number of rotatable bonds is 4. The quantitative estimate of drug-likeness (QED) is 0.385. The van der Waals surface area contributed by atoms with E-state index in [1.54, 1.807) is 7.11 Å². The zero-order valence-corrected chi connectivity index (χ0v) is 19.2. The Hall–Kier alpha value is -0.770. The van der Waals surface area contributed by atoms with Crippen LogP contribution in [0.2, 0.25) is 5.02 Å². The number of piperazine rings is 1. The molecule has 6 nitrogen and oxygen atoms in total. The summed E-state index contributed by atoms with van der Waals surface area (Å²) < 4.78 is 11.3. The fraction of sp³-hybridized carbons (Fsp3) is 0.632. The zero-order valence-electron chi connectivity index (χ0n) is 16.1. The van der Waals surface area contributed by atoms with Crippen molar-refractivity contribution in [1.29, 1.82) is 0 Å². The van der Waals surface area contributed by atoms with Crippen LogP contribution in [-0.2, 0) is 9.47 Å². The van der Waals surface area contributed by atoms with Gasteiger partial charge in [-0.05, 0) is 18.2 Å². The Labute approximate surface area is 184 Å². The molecule has 0 amide bonds. The summed E-state index contributed by atoms with van der Waals surface area (Å²) in [4.78, 5) is 9.15. The number of guanidine groups is 1.